The molecule has 2 aliphatic heterocycles. The summed E-state index contributed by atoms with van der Waals surface area (Å²) in [4.78, 5) is 69.8. The van der Waals surface area contributed by atoms with Crippen molar-refractivity contribution in [3.63, 3.8) is 0 Å². The number of nitrogens with zero attached hydrogens (tertiary/aromatic N) is 2. The molecule has 290 valence electrons. The number of rotatable bonds is 15. The van der Waals surface area contributed by atoms with Crippen molar-refractivity contribution < 1.29 is 32.4 Å². The predicted octanol–water partition coefficient (Wildman–Crippen LogP) is 3.74. The maximum absolute atomic E-state index is 14.5. The number of carbonyl (C=O) groups excluding carboxylic acids is 5. The summed E-state index contributed by atoms with van der Waals surface area (Å²) in [6.45, 7) is 21.2. The normalized spacial score (nSPS) is 20.4. The number of amides is 5. The summed E-state index contributed by atoms with van der Waals surface area (Å²) in [7, 11) is -3.75. The van der Waals surface area contributed by atoms with Crippen molar-refractivity contribution in [2.75, 3.05) is 19.6 Å². The molecule has 5 amide bonds. The number of benzene rings is 1. The Morgan fingerprint density at radius 1 is 0.981 bits per heavy atom. The first-order chi connectivity index (χ1) is 24.1. The molecule has 4 N–H and O–H groups in total. The summed E-state index contributed by atoms with van der Waals surface area (Å²) in [5.41, 5.74) is -0.649. The Labute approximate surface area is 310 Å². The highest BCUT2D eigenvalue weighted by Crippen LogP contribution is 2.34. The van der Waals surface area contributed by atoms with E-state index in [1.807, 2.05) is 62.3 Å². The van der Waals surface area contributed by atoms with E-state index in [0.29, 0.717) is 18.4 Å². The van der Waals surface area contributed by atoms with Crippen LogP contribution in [-0.4, -0.2) is 91.0 Å². The van der Waals surface area contributed by atoms with Crippen molar-refractivity contribution in [2.45, 2.75) is 124 Å². The van der Waals surface area contributed by atoms with Crippen LogP contribution in [0.5, 0.6) is 0 Å². The van der Waals surface area contributed by atoms with Crippen LogP contribution in [0.3, 0.4) is 0 Å². The lowest BCUT2D eigenvalue weighted by atomic mass is 9.84. The number of hydrogen-bond donors (Lipinski definition) is 4. The van der Waals surface area contributed by atoms with Crippen LogP contribution >= 0.6 is 0 Å². The lowest BCUT2D eigenvalue weighted by Crippen LogP contribution is -2.62. The van der Waals surface area contributed by atoms with E-state index in [2.05, 4.69) is 27.8 Å². The van der Waals surface area contributed by atoms with Gasteiger partial charge in [0.25, 0.3) is 5.91 Å². The van der Waals surface area contributed by atoms with E-state index < -0.39 is 74.6 Å². The molecule has 0 saturated carbocycles. The van der Waals surface area contributed by atoms with Crippen LogP contribution in [0.2, 0.25) is 0 Å². The molecule has 5 atom stereocenters. The van der Waals surface area contributed by atoms with E-state index >= 15 is 0 Å². The zero-order valence-electron chi connectivity index (χ0n) is 32.4. The molecule has 1 saturated heterocycles. The second kappa shape index (κ2) is 17.4. The Kier molecular flexibility index (Phi) is 14.2. The quantitative estimate of drug-likeness (QED) is 0.156. The van der Waals surface area contributed by atoms with Gasteiger partial charge in [-0.05, 0) is 47.1 Å². The molecule has 1 aromatic carbocycles. The largest absolute Gasteiger partial charge is 0.346 e. The average molecular weight is 745 g/mol. The zero-order chi connectivity index (χ0) is 39.2. The summed E-state index contributed by atoms with van der Waals surface area (Å²) >= 11 is 0. The number of Topliss-reactive ketones (excluding diaryl/α,β-unsaturated/α-hetero) is 1. The van der Waals surface area contributed by atoms with Gasteiger partial charge in [-0.15, -0.1) is 6.58 Å². The van der Waals surface area contributed by atoms with E-state index in [1.165, 1.54) is 15.3 Å². The number of fused-ring (bicyclic) bond motifs is 1. The van der Waals surface area contributed by atoms with Gasteiger partial charge < -0.3 is 26.2 Å². The Hall–Kier alpha value is -3.78. The number of sulfonamides is 1. The Morgan fingerprint density at radius 3 is 2.19 bits per heavy atom. The molecule has 1 aromatic rings. The highest BCUT2D eigenvalue weighted by molar-refractivity contribution is 7.89. The van der Waals surface area contributed by atoms with Gasteiger partial charge in [0.1, 0.15) is 12.1 Å². The van der Waals surface area contributed by atoms with Gasteiger partial charge in [0, 0.05) is 32.2 Å². The summed E-state index contributed by atoms with van der Waals surface area (Å²) in [5, 5.41) is 11.1. The van der Waals surface area contributed by atoms with Gasteiger partial charge in [0.15, 0.2) is 0 Å². The third-order valence-electron chi connectivity index (χ3n) is 10.0. The van der Waals surface area contributed by atoms with Crippen molar-refractivity contribution >= 4 is 39.6 Å². The molecule has 2 heterocycles. The van der Waals surface area contributed by atoms with Crippen LogP contribution < -0.4 is 21.3 Å². The molecule has 0 bridgehead atoms. The number of unbranched alkanes of at least 4 members (excludes halogenated alkanes) is 1. The Bertz CT molecular complexity index is 1600. The predicted molar refractivity (Wildman–Crippen MR) is 200 cm³/mol. The molecular weight excluding hydrogens is 685 g/mol. The first-order valence-corrected chi connectivity index (χ1v) is 19.8. The minimum Gasteiger partial charge on any atom is -0.346 e. The highest BCUT2D eigenvalue weighted by atomic mass is 32.2. The van der Waals surface area contributed by atoms with Gasteiger partial charge >= 0.3 is 6.03 Å². The third-order valence-corrected chi connectivity index (χ3v) is 11.9. The SMILES string of the molecule is C=CCNC(=O)C(=O)C(CCCC)NC(=O)[C@@H]1[C@@H](C(C)C)CCN1C(=O)[C@@H](NC(=O)N[C@H](CN1Cc2ccccc2S1(=O)=O)C(C)(C)C)C(C)(C)C. The molecule has 52 heavy (non-hydrogen) atoms. The summed E-state index contributed by atoms with van der Waals surface area (Å²) in [5.74, 6) is -2.76. The molecule has 0 radical (unpaired) electrons. The molecule has 14 heteroatoms. The van der Waals surface area contributed by atoms with Gasteiger partial charge in [0.2, 0.25) is 27.6 Å². The van der Waals surface area contributed by atoms with Crippen molar-refractivity contribution in [3.8, 4) is 0 Å². The van der Waals surface area contributed by atoms with Crippen molar-refractivity contribution in [1.29, 1.82) is 0 Å². The third kappa shape index (κ3) is 10.2. The lowest BCUT2D eigenvalue weighted by Gasteiger charge is -2.38. The van der Waals surface area contributed by atoms with Gasteiger partial charge in [-0.25, -0.2) is 13.2 Å². The first kappa shape index (κ1) is 42.6. The summed E-state index contributed by atoms with van der Waals surface area (Å²) < 4.78 is 28.0. The average Bonchev–Trinajstić information content (AvgIpc) is 3.61. The van der Waals surface area contributed by atoms with Crippen molar-refractivity contribution in [3.05, 3.63) is 42.5 Å². The number of urea groups is 1. The number of ketones is 1. The van der Waals surface area contributed by atoms with E-state index in [9.17, 15) is 32.4 Å². The molecule has 2 aliphatic rings. The Morgan fingerprint density at radius 2 is 1.63 bits per heavy atom. The molecule has 3 rings (SSSR count). The number of likely N-dealkylation sites (tertiary alicyclic amines) is 1. The van der Waals surface area contributed by atoms with E-state index in [-0.39, 0.29) is 49.3 Å². The highest BCUT2D eigenvalue weighted by Gasteiger charge is 2.48. The topological polar surface area (TPSA) is 174 Å². The van der Waals surface area contributed by atoms with E-state index in [1.54, 1.807) is 24.3 Å². The molecule has 0 spiro atoms. The fourth-order valence-electron chi connectivity index (χ4n) is 6.79. The number of carbonyl (C=O) groups is 5. The number of hydrogen-bond acceptors (Lipinski definition) is 7. The maximum atomic E-state index is 14.5. The fourth-order valence-corrected chi connectivity index (χ4v) is 8.44. The molecule has 0 aromatic heterocycles. The molecule has 0 aliphatic carbocycles. The number of nitrogens with one attached hydrogen (secondary N) is 4. The maximum Gasteiger partial charge on any atom is 0.315 e. The molecule has 1 fully saturated rings. The van der Waals surface area contributed by atoms with Crippen LogP contribution in [0.4, 0.5) is 4.79 Å². The van der Waals surface area contributed by atoms with Gasteiger partial charge in [-0.3, -0.25) is 19.2 Å². The first-order valence-electron chi connectivity index (χ1n) is 18.3. The minimum atomic E-state index is -3.75. The van der Waals surface area contributed by atoms with Gasteiger partial charge in [0.05, 0.1) is 10.9 Å². The van der Waals surface area contributed by atoms with Gasteiger partial charge in [-0.2, -0.15) is 4.31 Å². The van der Waals surface area contributed by atoms with Crippen LogP contribution in [0.25, 0.3) is 0 Å². The van der Waals surface area contributed by atoms with E-state index in [0.717, 1.165) is 6.42 Å². The smallest absolute Gasteiger partial charge is 0.315 e. The lowest BCUT2D eigenvalue weighted by molar-refractivity contribution is -0.144. The van der Waals surface area contributed by atoms with E-state index in [4.69, 9.17) is 0 Å². The zero-order valence-corrected chi connectivity index (χ0v) is 33.2. The fraction of sp³-hybridized carbons (Fsp3) is 0.658. The standard InChI is InChI=1S/C38H60N6O7S/c1-11-13-17-27(31(45)34(47)39-20-12-2)40-33(46)30-26(24(3)4)19-21-44(30)35(48)32(38(8,9)10)42-36(49)41-29(37(5,6)7)23-43-22-25-16-14-15-18-28(25)52(43,50)51/h12,14-16,18,24,26-27,29-30,32H,2,11,13,17,19-23H2,1,3-10H3,(H,39,47)(H,40,46)(H2,41,42,49)/t26-,27?,29-,30+,32-/m1/s1. The summed E-state index contributed by atoms with van der Waals surface area (Å²) in [6.07, 6.45) is 3.61. The minimum absolute atomic E-state index is 0.0131. The molecule has 1 unspecified atom stereocenters. The molecular formula is C38H60N6O7S. The van der Waals surface area contributed by atoms with Crippen molar-refractivity contribution in [1.82, 2.24) is 30.5 Å². The summed E-state index contributed by atoms with van der Waals surface area (Å²) in [6, 6.07) is 2.52. The van der Waals surface area contributed by atoms with Crippen LogP contribution in [-0.2, 0) is 35.7 Å². The second-order valence-electron chi connectivity index (χ2n) is 16.5. The van der Waals surface area contributed by atoms with Gasteiger partial charge in [-0.1, -0.05) is 99.4 Å². The molecule has 13 nitrogen and oxygen atoms in total. The Balaban J connectivity index is 1.84. The van der Waals surface area contributed by atoms with Crippen LogP contribution in [0.1, 0.15) is 93.6 Å². The van der Waals surface area contributed by atoms with Crippen LogP contribution in [0.15, 0.2) is 41.8 Å². The van der Waals surface area contributed by atoms with Crippen molar-refractivity contribution in [2.24, 2.45) is 22.7 Å². The monoisotopic (exact) mass is 744 g/mol. The second-order valence-corrected chi connectivity index (χ2v) is 18.4. The van der Waals surface area contributed by atoms with Crippen LogP contribution in [0, 0.1) is 22.7 Å².